The van der Waals surface area contributed by atoms with Crippen LogP contribution >= 0.6 is 0 Å². The minimum absolute atomic E-state index is 0.198. The van der Waals surface area contributed by atoms with E-state index in [1.54, 1.807) is 54.3 Å². The van der Waals surface area contributed by atoms with E-state index in [-0.39, 0.29) is 12.4 Å². The molecule has 0 saturated carbocycles. The van der Waals surface area contributed by atoms with Gasteiger partial charge in [0.2, 0.25) is 5.88 Å². The van der Waals surface area contributed by atoms with E-state index >= 15 is 0 Å². The van der Waals surface area contributed by atoms with E-state index in [2.05, 4.69) is 20.6 Å². The number of morpholine rings is 1. The molecule has 3 aromatic heterocycles. The molecule has 0 spiro atoms. The number of anilines is 3. The molecule has 2 amide bonds. The van der Waals surface area contributed by atoms with Gasteiger partial charge in [0, 0.05) is 36.3 Å². The number of pyridine rings is 1. The molecule has 13 heteroatoms. The number of aromatic nitrogens is 4. The Labute approximate surface area is 204 Å². The van der Waals surface area contributed by atoms with Crippen LogP contribution in [0.4, 0.5) is 17.3 Å². The van der Waals surface area contributed by atoms with Crippen LogP contribution in [0.2, 0.25) is 0 Å². The number of carbonyl (C=O) groups excluding carboxylic acids is 2. The number of nitrogens with one attached hydrogen (secondary N) is 1. The van der Waals surface area contributed by atoms with Gasteiger partial charge in [0.15, 0.2) is 29.4 Å². The standard InChI is InChI=1S/C23H23N7O6/c1-12-11-29(17-6-8-30(27-17)14-5-7-25-18(10-14)34-2)23(33)20(35-12)19(31)22(32)26-13-3-4-15-16(9-13)36-28-21(15)24/h3-10,12,19-20,31H,11H2,1-2H3,(H2,24,28)(H,26,32)/t12-,19?,20-/m1/s1. The lowest BCUT2D eigenvalue weighted by Gasteiger charge is -2.36. The molecule has 36 heavy (non-hydrogen) atoms. The van der Waals surface area contributed by atoms with Crippen LogP contribution in [0.15, 0.2) is 53.3 Å². The Kier molecular flexibility index (Phi) is 6.00. The zero-order valence-corrected chi connectivity index (χ0v) is 19.4. The van der Waals surface area contributed by atoms with Crippen molar-refractivity contribution < 1.29 is 28.7 Å². The van der Waals surface area contributed by atoms with E-state index in [4.69, 9.17) is 19.7 Å². The minimum Gasteiger partial charge on any atom is -0.481 e. The molecular weight excluding hydrogens is 470 g/mol. The predicted molar refractivity (Wildman–Crippen MR) is 128 cm³/mol. The molecule has 1 saturated heterocycles. The van der Waals surface area contributed by atoms with Gasteiger partial charge >= 0.3 is 0 Å². The van der Waals surface area contributed by atoms with Crippen LogP contribution in [0, 0.1) is 0 Å². The van der Waals surface area contributed by atoms with Crippen LogP contribution in [0.3, 0.4) is 0 Å². The number of hydrogen-bond acceptors (Lipinski definition) is 10. The summed E-state index contributed by atoms with van der Waals surface area (Å²) in [5.74, 6) is -0.420. The number of methoxy groups -OCH3 is 1. The average Bonchev–Trinajstić information content (AvgIpc) is 3.52. The Morgan fingerprint density at radius 3 is 2.94 bits per heavy atom. The number of carbonyl (C=O) groups is 2. The molecular formula is C23H23N7O6. The summed E-state index contributed by atoms with van der Waals surface area (Å²) in [7, 11) is 1.51. The van der Waals surface area contributed by atoms with E-state index in [1.165, 1.54) is 18.1 Å². The second-order valence-corrected chi connectivity index (χ2v) is 8.20. The molecule has 0 aliphatic carbocycles. The predicted octanol–water partition coefficient (Wildman–Crippen LogP) is 1.12. The molecule has 4 heterocycles. The number of benzene rings is 1. The highest BCUT2D eigenvalue weighted by Gasteiger charge is 2.42. The Bertz CT molecular complexity index is 1430. The van der Waals surface area contributed by atoms with Gasteiger partial charge in [0.05, 0.1) is 30.8 Å². The fraction of sp³-hybridized carbons (Fsp3) is 0.261. The molecule has 1 aromatic carbocycles. The molecule has 1 aliphatic heterocycles. The quantitative estimate of drug-likeness (QED) is 0.353. The fourth-order valence-electron chi connectivity index (χ4n) is 3.91. The van der Waals surface area contributed by atoms with Gasteiger partial charge in [-0.05, 0) is 25.1 Å². The molecule has 4 N–H and O–H groups in total. The Hall–Kier alpha value is -4.49. The van der Waals surface area contributed by atoms with Crippen LogP contribution in [-0.2, 0) is 14.3 Å². The number of nitrogens with zero attached hydrogens (tertiary/aromatic N) is 5. The van der Waals surface area contributed by atoms with Crippen molar-refractivity contribution in [3.05, 3.63) is 48.8 Å². The number of hydrogen-bond donors (Lipinski definition) is 3. The van der Waals surface area contributed by atoms with E-state index < -0.39 is 30.1 Å². The topological polar surface area (TPSA) is 171 Å². The highest BCUT2D eigenvalue weighted by molar-refractivity contribution is 6.04. The number of fused-ring (bicyclic) bond motifs is 1. The van der Waals surface area contributed by atoms with Crippen LogP contribution in [-0.4, -0.2) is 68.8 Å². The molecule has 1 aliphatic rings. The summed E-state index contributed by atoms with van der Waals surface area (Å²) < 4.78 is 17.5. The normalized spacial score (nSPS) is 18.9. The molecule has 5 rings (SSSR count). The SMILES string of the molecule is COc1cc(-n2ccc(N3C[C@@H](C)O[C@H](C(O)C(=O)Nc4ccc5c(N)noc5c4)C3=O)n2)ccn1. The third kappa shape index (κ3) is 4.32. The highest BCUT2D eigenvalue weighted by Crippen LogP contribution is 2.26. The third-order valence-corrected chi connectivity index (χ3v) is 5.69. The summed E-state index contributed by atoms with van der Waals surface area (Å²) in [4.78, 5) is 31.5. The summed E-state index contributed by atoms with van der Waals surface area (Å²) >= 11 is 0. The van der Waals surface area contributed by atoms with Crippen LogP contribution in [0.1, 0.15) is 6.92 Å². The number of aliphatic hydroxyl groups excluding tert-OH is 1. The van der Waals surface area contributed by atoms with Gasteiger partial charge in [-0.15, -0.1) is 5.10 Å². The van der Waals surface area contributed by atoms with Crippen LogP contribution in [0.25, 0.3) is 16.7 Å². The van der Waals surface area contributed by atoms with Gasteiger partial charge in [0.1, 0.15) is 0 Å². The highest BCUT2D eigenvalue weighted by atomic mass is 16.5. The van der Waals surface area contributed by atoms with Crippen molar-refractivity contribution in [1.82, 2.24) is 19.9 Å². The Morgan fingerprint density at radius 2 is 2.14 bits per heavy atom. The first-order valence-electron chi connectivity index (χ1n) is 11.0. The van der Waals surface area contributed by atoms with Crippen LogP contribution in [0.5, 0.6) is 5.88 Å². The number of ether oxygens (including phenoxy) is 2. The lowest BCUT2D eigenvalue weighted by atomic mass is 10.1. The number of nitrogen functional groups attached to an aromatic ring is 1. The van der Waals surface area contributed by atoms with Gasteiger partial charge in [-0.2, -0.15) is 0 Å². The summed E-state index contributed by atoms with van der Waals surface area (Å²) in [5.41, 5.74) is 7.09. The van der Waals surface area contributed by atoms with Crippen molar-refractivity contribution >= 4 is 40.1 Å². The number of nitrogens with two attached hydrogens (primary N) is 1. The van der Waals surface area contributed by atoms with Crippen LogP contribution < -0.4 is 20.7 Å². The van der Waals surface area contributed by atoms with Gasteiger partial charge in [-0.3, -0.25) is 14.5 Å². The minimum atomic E-state index is -1.77. The third-order valence-electron chi connectivity index (χ3n) is 5.69. The summed E-state index contributed by atoms with van der Waals surface area (Å²) in [6.45, 7) is 1.94. The molecule has 13 nitrogen and oxygen atoms in total. The first-order chi connectivity index (χ1) is 17.3. The van der Waals surface area contributed by atoms with Gasteiger partial charge in [-0.1, -0.05) is 5.16 Å². The molecule has 4 aromatic rings. The lowest BCUT2D eigenvalue weighted by molar-refractivity contribution is -0.156. The molecule has 3 atom stereocenters. The van der Waals surface area contributed by atoms with Gasteiger partial charge in [-0.25, -0.2) is 9.67 Å². The van der Waals surface area contributed by atoms with Crippen molar-refractivity contribution in [2.75, 3.05) is 29.6 Å². The lowest BCUT2D eigenvalue weighted by Crippen LogP contribution is -2.58. The number of amides is 2. The van der Waals surface area contributed by atoms with Crippen molar-refractivity contribution in [3.8, 4) is 11.6 Å². The number of rotatable bonds is 6. The van der Waals surface area contributed by atoms with Gasteiger partial charge in [0.25, 0.3) is 11.8 Å². The smallest absolute Gasteiger partial charge is 0.260 e. The van der Waals surface area contributed by atoms with Crippen molar-refractivity contribution in [3.63, 3.8) is 0 Å². The molecule has 0 radical (unpaired) electrons. The van der Waals surface area contributed by atoms with Gasteiger partial charge < -0.3 is 30.2 Å². The maximum atomic E-state index is 13.2. The van der Waals surface area contributed by atoms with Crippen molar-refractivity contribution in [2.24, 2.45) is 0 Å². The Morgan fingerprint density at radius 1 is 1.31 bits per heavy atom. The zero-order chi connectivity index (χ0) is 25.4. The molecule has 1 unspecified atom stereocenters. The first kappa shape index (κ1) is 23.3. The number of aliphatic hydroxyl groups is 1. The molecule has 186 valence electrons. The Balaban J connectivity index is 1.32. The van der Waals surface area contributed by atoms with Crippen molar-refractivity contribution in [2.45, 2.75) is 25.2 Å². The molecule has 1 fully saturated rings. The second-order valence-electron chi connectivity index (χ2n) is 8.20. The monoisotopic (exact) mass is 493 g/mol. The van der Waals surface area contributed by atoms with E-state index in [0.717, 1.165) is 0 Å². The average molecular weight is 493 g/mol. The summed E-state index contributed by atoms with van der Waals surface area (Å²) in [5, 5.41) is 22.0. The largest absolute Gasteiger partial charge is 0.481 e. The second kappa shape index (κ2) is 9.28. The first-order valence-corrected chi connectivity index (χ1v) is 11.0. The van der Waals surface area contributed by atoms with E-state index in [0.29, 0.717) is 34.0 Å². The molecule has 0 bridgehead atoms. The maximum absolute atomic E-state index is 13.2. The summed E-state index contributed by atoms with van der Waals surface area (Å²) in [6, 6.07) is 9.82. The fourth-order valence-corrected chi connectivity index (χ4v) is 3.91. The summed E-state index contributed by atoms with van der Waals surface area (Å²) in [6.07, 6.45) is -0.399. The van der Waals surface area contributed by atoms with E-state index in [9.17, 15) is 14.7 Å². The van der Waals surface area contributed by atoms with Crippen molar-refractivity contribution in [1.29, 1.82) is 0 Å². The zero-order valence-electron chi connectivity index (χ0n) is 19.4. The maximum Gasteiger partial charge on any atom is 0.260 e. The van der Waals surface area contributed by atoms with E-state index in [1.807, 2.05) is 0 Å².